The van der Waals surface area contributed by atoms with E-state index in [2.05, 4.69) is 5.32 Å². The molecule has 0 fully saturated rings. The van der Waals surface area contributed by atoms with Gasteiger partial charge in [-0.1, -0.05) is 53.6 Å². The maximum Gasteiger partial charge on any atom is 0.264 e. The summed E-state index contributed by atoms with van der Waals surface area (Å²) in [5, 5.41) is 3.30. The summed E-state index contributed by atoms with van der Waals surface area (Å²) in [4.78, 5) is 28.1. The summed E-state index contributed by atoms with van der Waals surface area (Å²) in [7, 11) is -4.35. The third kappa shape index (κ3) is 7.80. The van der Waals surface area contributed by atoms with Gasteiger partial charge in [-0.3, -0.25) is 13.9 Å². The Morgan fingerprint density at radius 3 is 2.23 bits per heavy atom. The predicted octanol–water partition coefficient (Wildman–Crippen LogP) is 5.31. The van der Waals surface area contributed by atoms with Crippen molar-refractivity contribution in [1.82, 2.24) is 10.2 Å². The zero-order valence-corrected chi connectivity index (χ0v) is 24.2. The molecule has 1 atom stereocenters. The van der Waals surface area contributed by atoms with E-state index in [0.29, 0.717) is 10.6 Å². The maximum absolute atomic E-state index is 15.0. The molecule has 3 rings (SSSR count). The van der Waals surface area contributed by atoms with Crippen LogP contribution in [0, 0.1) is 12.7 Å². The summed E-state index contributed by atoms with van der Waals surface area (Å²) < 4.78 is 43.2. The third-order valence-corrected chi connectivity index (χ3v) is 7.93. The molecule has 0 aliphatic carbocycles. The minimum atomic E-state index is -4.35. The van der Waals surface area contributed by atoms with Crippen molar-refractivity contribution in [2.24, 2.45) is 0 Å². The van der Waals surface area contributed by atoms with Crippen LogP contribution < -0.4 is 9.62 Å². The van der Waals surface area contributed by atoms with Crippen LogP contribution in [-0.4, -0.2) is 43.3 Å². The molecule has 0 spiro atoms. The first-order valence-corrected chi connectivity index (χ1v) is 14.2. The molecule has 0 bridgehead atoms. The Morgan fingerprint density at radius 2 is 1.64 bits per heavy atom. The minimum absolute atomic E-state index is 0.0200. The van der Waals surface area contributed by atoms with Crippen molar-refractivity contribution in [3.05, 3.63) is 94.8 Å². The topological polar surface area (TPSA) is 86.8 Å². The van der Waals surface area contributed by atoms with Crippen LogP contribution in [0.3, 0.4) is 0 Å². The normalized spacial score (nSPS) is 12.5. The van der Waals surface area contributed by atoms with Crippen molar-refractivity contribution in [3.8, 4) is 0 Å². The highest BCUT2D eigenvalue weighted by Gasteiger charge is 2.34. The van der Waals surface area contributed by atoms with E-state index in [0.717, 1.165) is 15.9 Å². The number of nitrogens with zero attached hydrogens (tertiary/aromatic N) is 2. The van der Waals surface area contributed by atoms with Crippen LogP contribution in [0.5, 0.6) is 0 Å². The fourth-order valence-electron chi connectivity index (χ4n) is 3.89. The number of para-hydroxylation sites is 1. The van der Waals surface area contributed by atoms with Crippen LogP contribution in [0.25, 0.3) is 0 Å². The number of anilines is 1. The molecule has 0 aliphatic rings. The second kappa shape index (κ2) is 12.2. The first-order chi connectivity index (χ1) is 18.2. The molecular weight excluding hydrogens is 541 g/mol. The second-order valence-corrected chi connectivity index (χ2v) is 12.6. The van der Waals surface area contributed by atoms with Gasteiger partial charge in [-0.2, -0.15) is 0 Å². The van der Waals surface area contributed by atoms with Crippen LogP contribution in [-0.2, 0) is 26.2 Å². The van der Waals surface area contributed by atoms with Crippen molar-refractivity contribution >= 4 is 39.1 Å². The molecule has 0 unspecified atom stereocenters. The van der Waals surface area contributed by atoms with Gasteiger partial charge in [0.15, 0.2) is 0 Å². The Bertz CT molecular complexity index is 1440. The highest BCUT2D eigenvalue weighted by atomic mass is 35.5. The number of sulfonamides is 1. The Hall–Kier alpha value is -3.43. The van der Waals surface area contributed by atoms with Gasteiger partial charge in [-0.15, -0.1) is 0 Å². The predicted molar refractivity (Wildman–Crippen MR) is 151 cm³/mol. The molecule has 0 heterocycles. The molecule has 3 aromatic rings. The smallest absolute Gasteiger partial charge is 0.264 e. The molecule has 0 radical (unpaired) electrons. The SMILES string of the molecule is Cc1ccc(S(=O)(=O)N(CC(=O)N(Cc2cccc(Cl)c2)[C@H](C)C(=O)NC(C)(C)C)c2ccccc2F)cc1. The first kappa shape index (κ1) is 30.1. The fraction of sp³-hybridized carbons (Fsp3) is 0.310. The van der Waals surface area contributed by atoms with Crippen LogP contribution in [0.15, 0.2) is 77.7 Å². The summed E-state index contributed by atoms with van der Waals surface area (Å²) in [6.45, 7) is 8.06. The van der Waals surface area contributed by atoms with E-state index < -0.39 is 45.8 Å². The monoisotopic (exact) mass is 573 g/mol. The van der Waals surface area contributed by atoms with E-state index in [4.69, 9.17) is 11.6 Å². The lowest BCUT2D eigenvalue weighted by molar-refractivity contribution is -0.140. The zero-order chi connectivity index (χ0) is 29.0. The summed E-state index contributed by atoms with van der Waals surface area (Å²) in [5.41, 5.74) is 0.643. The lowest BCUT2D eigenvalue weighted by Crippen LogP contribution is -2.54. The average molecular weight is 574 g/mol. The second-order valence-electron chi connectivity index (χ2n) is 10.3. The average Bonchev–Trinajstić information content (AvgIpc) is 2.85. The van der Waals surface area contributed by atoms with Crippen LogP contribution in [0.2, 0.25) is 5.02 Å². The number of nitrogens with one attached hydrogen (secondary N) is 1. The Labute approximate surface area is 234 Å². The Kier molecular flexibility index (Phi) is 9.40. The van der Waals surface area contributed by atoms with E-state index in [1.165, 1.54) is 35.2 Å². The van der Waals surface area contributed by atoms with Crippen LogP contribution in [0.1, 0.15) is 38.8 Å². The van der Waals surface area contributed by atoms with E-state index >= 15 is 0 Å². The van der Waals surface area contributed by atoms with Gasteiger partial charge < -0.3 is 10.2 Å². The van der Waals surface area contributed by atoms with Gasteiger partial charge in [-0.25, -0.2) is 12.8 Å². The number of hydrogen-bond acceptors (Lipinski definition) is 4. The number of hydrogen-bond donors (Lipinski definition) is 1. The highest BCUT2D eigenvalue weighted by molar-refractivity contribution is 7.92. The van der Waals surface area contributed by atoms with E-state index in [1.54, 1.807) is 43.3 Å². The van der Waals surface area contributed by atoms with E-state index in [-0.39, 0.29) is 17.1 Å². The van der Waals surface area contributed by atoms with Gasteiger partial charge in [-0.05, 0) is 76.6 Å². The molecule has 0 saturated heterocycles. The third-order valence-electron chi connectivity index (χ3n) is 5.92. The highest BCUT2D eigenvalue weighted by Crippen LogP contribution is 2.27. The lowest BCUT2D eigenvalue weighted by atomic mass is 10.1. The number of aryl methyl sites for hydroxylation is 1. The molecule has 0 aromatic heterocycles. The molecule has 39 heavy (non-hydrogen) atoms. The Morgan fingerprint density at radius 1 is 1.00 bits per heavy atom. The molecule has 208 valence electrons. The number of carbonyl (C=O) groups is 2. The van der Waals surface area contributed by atoms with Crippen molar-refractivity contribution in [3.63, 3.8) is 0 Å². The number of amides is 2. The van der Waals surface area contributed by atoms with Gasteiger partial charge in [0.2, 0.25) is 11.8 Å². The standard InChI is InChI=1S/C29H33ClFN3O4S/c1-20-13-15-24(16-14-20)39(37,38)34(26-12-7-6-11-25(26)31)19-27(35)33(18-22-9-8-10-23(30)17-22)21(2)28(36)32-29(3,4)5/h6-17,21H,18-19H2,1-5H3,(H,32,36)/t21-/m1/s1. The van der Waals surface area contributed by atoms with Crippen LogP contribution in [0.4, 0.5) is 10.1 Å². The molecule has 1 N–H and O–H groups in total. The zero-order valence-electron chi connectivity index (χ0n) is 22.6. The maximum atomic E-state index is 15.0. The van der Waals surface area contributed by atoms with Gasteiger partial charge in [0.25, 0.3) is 10.0 Å². The number of benzene rings is 3. The summed E-state index contributed by atoms with van der Waals surface area (Å²) >= 11 is 6.15. The summed E-state index contributed by atoms with van der Waals surface area (Å²) in [6.07, 6.45) is 0. The summed E-state index contributed by atoms with van der Waals surface area (Å²) in [5.74, 6) is -1.91. The fourth-order valence-corrected chi connectivity index (χ4v) is 5.53. The van der Waals surface area contributed by atoms with Crippen LogP contribution >= 0.6 is 11.6 Å². The number of rotatable bonds is 9. The van der Waals surface area contributed by atoms with E-state index in [9.17, 15) is 22.4 Å². The first-order valence-electron chi connectivity index (χ1n) is 12.4. The van der Waals surface area contributed by atoms with Gasteiger partial charge in [0.1, 0.15) is 18.4 Å². The summed E-state index contributed by atoms with van der Waals surface area (Å²) in [6, 6.07) is 17.2. The lowest BCUT2D eigenvalue weighted by Gasteiger charge is -2.33. The van der Waals surface area contributed by atoms with Crippen molar-refractivity contribution in [1.29, 1.82) is 0 Å². The van der Waals surface area contributed by atoms with Gasteiger partial charge >= 0.3 is 0 Å². The van der Waals surface area contributed by atoms with Crippen molar-refractivity contribution in [2.75, 3.05) is 10.8 Å². The van der Waals surface area contributed by atoms with Crippen molar-refractivity contribution < 1.29 is 22.4 Å². The molecule has 2 amide bonds. The largest absolute Gasteiger partial charge is 0.350 e. The molecule has 10 heteroatoms. The Balaban J connectivity index is 2.05. The van der Waals surface area contributed by atoms with Gasteiger partial charge in [0.05, 0.1) is 10.6 Å². The molecule has 0 saturated carbocycles. The molecule has 3 aromatic carbocycles. The minimum Gasteiger partial charge on any atom is -0.350 e. The van der Waals surface area contributed by atoms with Crippen molar-refractivity contribution in [2.45, 2.75) is 57.6 Å². The molecule has 7 nitrogen and oxygen atoms in total. The molecular formula is C29H33ClFN3O4S. The van der Waals surface area contributed by atoms with E-state index in [1.807, 2.05) is 27.7 Å². The number of carbonyl (C=O) groups excluding carboxylic acids is 2. The van der Waals surface area contributed by atoms with Gasteiger partial charge in [0, 0.05) is 17.1 Å². The number of halogens is 2. The molecule has 0 aliphatic heterocycles. The quantitative estimate of drug-likeness (QED) is 0.376.